The summed E-state index contributed by atoms with van der Waals surface area (Å²) in [7, 11) is 1.57. The summed E-state index contributed by atoms with van der Waals surface area (Å²) in [5.74, 6) is 0.499. The van der Waals surface area contributed by atoms with Gasteiger partial charge in [-0.1, -0.05) is 18.2 Å². The molecule has 0 spiro atoms. The first-order valence-electron chi connectivity index (χ1n) is 8.14. The Kier molecular flexibility index (Phi) is 3.89. The predicted octanol–water partition coefficient (Wildman–Crippen LogP) is 3.94. The quantitative estimate of drug-likeness (QED) is 0.523. The molecule has 3 N–H and O–H groups in total. The summed E-state index contributed by atoms with van der Waals surface area (Å²) in [5, 5.41) is 12.4. The predicted molar refractivity (Wildman–Crippen MR) is 99.8 cm³/mol. The van der Waals surface area contributed by atoms with Gasteiger partial charge in [0.1, 0.15) is 5.52 Å². The second kappa shape index (κ2) is 6.36. The molecule has 7 nitrogen and oxygen atoms in total. The molecule has 0 radical (unpaired) electrons. The van der Waals surface area contributed by atoms with Crippen LogP contribution in [0.2, 0.25) is 0 Å². The summed E-state index contributed by atoms with van der Waals surface area (Å²) in [6, 6.07) is 13.1. The van der Waals surface area contributed by atoms with E-state index in [1.54, 1.807) is 13.2 Å². The summed E-state index contributed by atoms with van der Waals surface area (Å²) in [6.45, 7) is 2.01. The van der Waals surface area contributed by atoms with Crippen LogP contribution in [0.25, 0.3) is 33.8 Å². The Morgan fingerprint density at radius 3 is 2.92 bits per heavy atom. The van der Waals surface area contributed by atoms with Crippen molar-refractivity contribution in [1.29, 1.82) is 0 Å². The Hall–Kier alpha value is -3.61. The van der Waals surface area contributed by atoms with Crippen LogP contribution in [0.4, 0.5) is 10.5 Å². The van der Waals surface area contributed by atoms with Crippen LogP contribution in [0, 0.1) is 6.92 Å². The number of rotatable bonds is 3. The maximum absolute atomic E-state index is 11.5. The van der Waals surface area contributed by atoms with Crippen molar-refractivity contribution < 1.29 is 9.21 Å². The number of fused-ring (bicyclic) bond motifs is 1. The third-order valence-electron chi connectivity index (χ3n) is 4.05. The molecule has 7 heteroatoms. The van der Waals surface area contributed by atoms with E-state index >= 15 is 0 Å². The Balaban J connectivity index is 1.74. The number of amides is 2. The first-order chi connectivity index (χ1) is 12.6. The van der Waals surface area contributed by atoms with Crippen molar-refractivity contribution in [2.75, 3.05) is 12.4 Å². The number of carbonyl (C=O) groups is 1. The van der Waals surface area contributed by atoms with Gasteiger partial charge in [0.15, 0.2) is 5.58 Å². The minimum Gasteiger partial charge on any atom is -0.436 e. The number of oxazole rings is 1. The lowest BCUT2D eigenvalue weighted by molar-refractivity contribution is 0.254. The average molecular weight is 347 g/mol. The van der Waals surface area contributed by atoms with Gasteiger partial charge in [-0.3, -0.25) is 5.10 Å². The molecule has 0 atom stereocenters. The van der Waals surface area contributed by atoms with Gasteiger partial charge in [-0.25, -0.2) is 9.78 Å². The maximum Gasteiger partial charge on any atom is 0.318 e. The fraction of sp³-hybridized carbons (Fsp3) is 0.105. The van der Waals surface area contributed by atoms with Crippen LogP contribution in [0.5, 0.6) is 0 Å². The average Bonchev–Trinajstić information content (AvgIpc) is 3.27. The van der Waals surface area contributed by atoms with Gasteiger partial charge in [-0.2, -0.15) is 5.10 Å². The van der Waals surface area contributed by atoms with Crippen LogP contribution in [0.15, 0.2) is 53.1 Å². The molecule has 0 bridgehead atoms. The number of nitrogens with zero attached hydrogens (tertiary/aromatic N) is 2. The number of carbonyl (C=O) groups excluding carboxylic acids is 1. The van der Waals surface area contributed by atoms with Crippen molar-refractivity contribution in [3.05, 3.63) is 54.2 Å². The van der Waals surface area contributed by atoms with Crippen molar-refractivity contribution in [3.8, 4) is 22.7 Å². The zero-order chi connectivity index (χ0) is 18.1. The molecule has 0 aliphatic carbocycles. The molecule has 0 unspecified atom stereocenters. The van der Waals surface area contributed by atoms with Crippen LogP contribution in [0.1, 0.15) is 5.56 Å². The van der Waals surface area contributed by atoms with Gasteiger partial charge in [0.25, 0.3) is 0 Å². The van der Waals surface area contributed by atoms with E-state index in [1.807, 2.05) is 49.4 Å². The lowest BCUT2D eigenvalue weighted by atomic mass is 10.1. The largest absolute Gasteiger partial charge is 0.436 e. The molecule has 0 saturated carbocycles. The molecule has 2 amide bonds. The molecule has 2 aromatic heterocycles. The van der Waals surface area contributed by atoms with Crippen LogP contribution in [-0.4, -0.2) is 28.3 Å². The monoisotopic (exact) mass is 347 g/mol. The molecule has 26 heavy (non-hydrogen) atoms. The van der Waals surface area contributed by atoms with E-state index in [1.165, 1.54) is 0 Å². The highest BCUT2D eigenvalue weighted by Crippen LogP contribution is 2.32. The van der Waals surface area contributed by atoms with E-state index in [2.05, 4.69) is 25.8 Å². The Morgan fingerprint density at radius 2 is 2.08 bits per heavy atom. The van der Waals surface area contributed by atoms with E-state index in [-0.39, 0.29) is 6.03 Å². The maximum atomic E-state index is 11.5. The minimum atomic E-state index is -0.277. The van der Waals surface area contributed by atoms with Crippen LogP contribution < -0.4 is 10.6 Å². The van der Waals surface area contributed by atoms with Crippen molar-refractivity contribution in [2.24, 2.45) is 0 Å². The SMILES string of the molecule is CNC(=O)Nc1cccc(-c2[nH]ncc2-c2nc3ccc(C)cc3o2)c1. The van der Waals surface area contributed by atoms with Crippen LogP contribution in [-0.2, 0) is 0 Å². The molecule has 0 saturated heterocycles. The highest BCUT2D eigenvalue weighted by molar-refractivity contribution is 5.90. The number of anilines is 1. The van der Waals surface area contributed by atoms with Gasteiger partial charge in [0, 0.05) is 18.3 Å². The molecule has 130 valence electrons. The lowest BCUT2D eigenvalue weighted by Crippen LogP contribution is -2.24. The molecular weight excluding hydrogens is 330 g/mol. The molecule has 4 aromatic rings. The normalized spacial score (nSPS) is 10.8. The number of hydrogen-bond donors (Lipinski definition) is 3. The number of hydrogen-bond acceptors (Lipinski definition) is 4. The molecule has 2 heterocycles. The second-order valence-electron chi connectivity index (χ2n) is 5.93. The highest BCUT2D eigenvalue weighted by atomic mass is 16.3. The number of benzene rings is 2. The van der Waals surface area contributed by atoms with Crippen LogP contribution >= 0.6 is 0 Å². The van der Waals surface area contributed by atoms with Crippen molar-refractivity contribution >= 4 is 22.8 Å². The minimum absolute atomic E-state index is 0.277. The summed E-state index contributed by atoms with van der Waals surface area (Å²) in [6.07, 6.45) is 1.69. The smallest absolute Gasteiger partial charge is 0.318 e. The number of urea groups is 1. The molecular formula is C19H17N5O2. The molecule has 0 fully saturated rings. The third-order valence-corrected chi connectivity index (χ3v) is 4.05. The van der Waals surface area contributed by atoms with E-state index in [4.69, 9.17) is 4.42 Å². The number of aromatic nitrogens is 3. The standard InChI is InChI=1S/C19H17N5O2/c1-11-6-7-15-16(8-11)26-18(23-15)14-10-21-24-17(14)12-4-3-5-13(9-12)22-19(25)20-2/h3-10H,1-2H3,(H,21,24)(H2,20,22,25). The fourth-order valence-electron chi connectivity index (χ4n) is 2.76. The van der Waals surface area contributed by atoms with Gasteiger partial charge >= 0.3 is 6.03 Å². The second-order valence-corrected chi connectivity index (χ2v) is 5.93. The van der Waals surface area contributed by atoms with Gasteiger partial charge in [-0.15, -0.1) is 0 Å². The highest BCUT2D eigenvalue weighted by Gasteiger charge is 2.16. The number of aryl methyl sites for hydroxylation is 1. The molecule has 4 rings (SSSR count). The van der Waals surface area contributed by atoms with Crippen molar-refractivity contribution in [3.63, 3.8) is 0 Å². The van der Waals surface area contributed by atoms with Crippen LogP contribution in [0.3, 0.4) is 0 Å². The zero-order valence-corrected chi connectivity index (χ0v) is 14.3. The first kappa shape index (κ1) is 15.9. The van der Waals surface area contributed by atoms with Gasteiger partial charge in [0.05, 0.1) is 17.5 Å². The van der Waals surface area contributed by atoms with E-state index in [0.29, 0.717) is 11.6 Å². The fourth-order valence-corrected chi connectivity index (χ4v) is 2.76. The Bertz CT molecular complexity index is 1100. The van der Waals surface area contributed by atoms with E-state index in [0.717, 1.165) is 33.5 Å². The van der Waals surface area contributed by atoms with Gasteiger partial charge in [0.2, 0.25) is 5.89 Å². The molecule has 0 aliphatic heterocycles. The topological polar surface area (TPSA) is 95.8 Å². The molecule has 2 aromatic carbocycles. The number of nitrogens with one attached hydrogen (secondary N) is 3. The summed E-state index contributed by atoms with van der Waals surface area (Å²) in [4.78, 5) is 16.1. The van der Waals surface area contributed by atoms with Crippen molar-refractivity contribution in [1.82, 2.24) is 20.5 Å². The van der Waals surface area contributed by atoms with E-state index in [9.17, 15) is 4.79 Å². The summed E-state index contributed by atoms with van der Waals surface area (Å²) in [5.41, 5.74) is 5.72. The number of H-pyrrole nitrogens is 1. The Labute approximate surface area is 149 Å². The summed E-state index contributed by atoms with van der Waals surface area (Å²) >= 11 is 0. The Morgan fingerprint density at radius 1 is 1.19 bits per heavy atom. The van der Waals surface area contributed by atoms with E-state index < -0.39 is 0 Å². The van der Waals surface area contributed by atoms with Gasteiger partial charge in [-0.05, 0) is 36.8 Å². The number of aromatic amines is 1. The third kappa shape index (κ3) is 2.90. The van der Waals surface area contributed by atoms with Crippen molar-refractivity contribution in [2.45, 2.75) is 6.92 Å². The molecule has 0 aliphatic rings. The first-order valence-corrected chi connectivity index (χ1v) is 8.14. The lowest BCUT2D eigenvalue weighted by Gasteiger charge is -2.06. The summed E-state index contributed by atoms with van der Waals surface area (Å²) < 4.78 is 5.92. The zero-order valence-electron chi connectivity index (χ0n) is 14.3. The van der Waals surface area contributed by atoms with Gasteiger partial charge < -0.3 is 15.1 Å².